The zero-order valence-corrected chi connectivity index (χ0v) is 12.4. The van der Waals surface area contributed by atoms with Gasteiger partial charge < -0.3 is 11.1 Å². The first kappa shape index (κ1) is 15.5. The summed E-state index contributed by atoms with van der Waals surface area (Å²) in [5, 5.41) is 3.19. The average molecular weight is 262 g/mol. The van der Waals surface area contributed by atoms with Crippen molar-refractivity contribution in [2.24, 2.45) is 16.6 Å². The van der Waals surface area contributed by atoms with Gasteiger partial charge in [0, 0.05) is 30.9 Å². The van der Waals surface area contributed by atoms with Crippen LogP contribution in [0.25, 0.3) is 0 Å². The van der Waals surface area contributed by atoms with Crippen LogP contribution in [0.5, 0.6) is 0 Å². The highest BCUT2D eigenvalue weighted by Gasteiger charge is 2.15. The second-order valence-corrected chi connectivity index (χ2v) is 5.32. The molecule has 1 heterocycles. The van der Waals surface area contributed by atoms with Crippen LogP contribution >= 0.6 is 0 Å². The summed E-state index contributed by atoms with van der Waals surface area (Å²) < 4.78 is 0. The van der Waals surface area contributed by atoms with E-state index in [-0.39, 0.29) is 0 Å². The number of hydrogen-bond donors (Lipinski definition) is 2. The number of rotatable bonds is 6. The van der Waals surface area contributed by atoms with Crippen LogP contribution in [0.2, 0.25) is 0 Å². The molecule has 4 heteroatoms. The molecule has 0 aromatic carbocycles. The summed E-state index contributed by atoms with van der Waals surface area (Å²) in [4.78, 5) is 8.65. The summed E-state index contributed by atoms with van der Waals surface area (Å²) in [5.74, 6) is 1.39. The average Bonchev–Trinajstić information content (AvgIpc) is 2.39. The molecule has 0 aliphatic carbocycles. The van der Waals surface area contributed by atoms with Crippen LogP contribution in [0.1, 0.15) is 45.6 Å². The number of guanidine groups is 1. The molecule has 2 atom stereocenters. The Labute approximate surface area is 116 Å². The van der Waals surface area contributed by atoms with Gasteiger partial charge in [0.2, 0.25) is 0 Å². The van der Waals surface area contributed by atoms with E-state index in [2.05, 4.69) is 49.1 Å². The van der Waals surface area contributed by atoms with Crippen molar-refractivity contribution in [3.8, 4) is 0 Å². The van der Waals surface area contributed by atoms with E-state index in [1.807, 2.05) is 12.3 Å². The number of nitrogens with two attached hydrogens (primary N) is 1. The summed E-state index contributed by atoms with van der Waals surface area (Å²) >= 11 is 0. The fourth-order valence-corrected chi connectivity index (χ4v) is 1.89. The molecule has 0 aliphatic rings. The molecule has 0 radical (unpaired) electrons. The lowest BCUT2D eigenvalue weighted by molar-refractivity contribution is 0.504. The van der Waals surface area contributed by atoms with Crippen LogP contribution < -0.4 is 11.1 Å². The molecule has 1 rings (SSSR count). The maximum absolute atomic E-state index is 5.90. The predicted molar refractivity (Wildman–Crippen MR) is 81.2 cm³/mol. The molecule has 0 spiro atoms. The van der Waals surface area contributed by atoms with E-state index >= 15 is 0 Å². The Morgan fingerprint density at radius 3 is 2.68 bits per heavy atom. The minimum absolute atomic E-state index is 0.353. The third kappa shape index (κ3) is 5.28. The zero-order valence-electron chi connectivity index (χ0n) is 12.4. The number of aromatic nitrogens is 1. The fraction of sp³-hybridized carbons (Fsp3) is 0.600. The second-order valence-electron chi connectivity index (χ2n) is 5.32. The van der Waals surface area contributed by atoms with E-state index < -0.39 is 0 Å². The first-order chi connectivity index (χ1) is 9.04. The maximum Gasteiger partial charge on any atom is 0.188 e. The smallest absolute Gasteiger partial charge is 0.188 e. The van der Waals surface area contributed by atoms with Crippen molar-refractivity contribution in [1.29, 1.82) is 0 Å². The summed E-state index contributed by atoms with van der Waals surface area (Å²) in [5.41, 5.74) is 7.12. The van der Waals surface area contributed by atoms with Crippen molar-refractivity contribution in [3.05, 3.63) is 30.1 Å². The largest absolute Gasteiger partial charge is 0.370 e. The van der Waals surface area contributed by atoms with Crippen molar-refractivity contribution in [1.82, 2.24) is 10.3 Å². The SMILES string of the molecule is CCC(C)NC(N)=NCC(c1cccnc1)C(C)C. The lowest BCUT2D eigenvalue weighted by Crippen LogP contribution is -2.38. The van der Waals surface area contributed by atoms with Crippen LogP contribution in [-0.2, 0) is 0 Å². The molecule has 0 amide bonds. The highest BCUT2D eigenvalue weighted by molar-refractivity contribution is 5.78. The normalized spacial score (nSPS) is 15.3. The lowest BCUT2D eigenvalue weighted by Gasteiger charge is -2.19. The Hall–Kier alpha value is -1.58. The molecule has 0 bridgehead atoms. The molecule has 0 saturated carbocycles. The Morgan fingerprint density at radius 1 is 1.42 bits per heavy atom. The molecular weight excluding hydrogens is 236 g/mol. The molecule has 1 aromatic rings. The van der Waals surface area contributed by atoms with E-state index in [1.54, 1.807) is 6.20 Å². The topological polar surface area (TPSA) is 63.3 Å². The Morgan fingerprint density at radius 2 is 2.16 bits per heavy atom. The standard InChI is InChI=1S/C15H26N4/c1-5-12(4)19-15(16)18-10-14(11(2)3)13-7-6-8-17-9-13/h6-9,11-12,14H,5,10H2,1-4H3,(H3,16,18,19). The maximum atomic E-state index is 5.90. The van der Waals surface area contributed by atoms with Gasteiger partial charge in [-0.1, -0.05) is 26.8 Å². The van der Waals surface area contributed by atoms with Crippen LogP contribution in [0.4, 0.5) is 0 Å². The molecule has 0 saturated heterocycles. The number of aliphatic imine (C=N–C) groups is 1. The van der Waals surface area contributed by atoms with Gasteiger partial charge in [-0.2, -0.15) is 0 Å². The summed E-state index contributed by atoms with van der Waals surface area (Å²) in [7, 11) is 0. The number of nitrogens with one attached hydrogen (secondary N) is 1. The fourth-order valence-electron chi connectivity index (χ4n) is 1.89. The van der Waals surface area contributed by atoms with Crippen LogP contribution in [0.3, 0.4) is 0 Å². The molecule has 4 nitrogen and oxygen atoms in total. The molecule has 1 aromatic heterocycles. The first-order valence-electron chi connectivity index (χ1n) is 7.01. The van der Waals surface area contributed by atoms with Crippen LogP contribution in [0.15, 0.2) is 29.5 Å². The second kappa shape index (κ2) is 7.77. The monoisotopic (exact) mass is 262 g/mol. The Bertz CT molecular complexity index is 386. The van der Waals surface area contributed by atoms with E-state index in [0.717, 1.165) is 6.42 Å². The van der Waals surface area contributed by atoms with Crippen molar-refractivity contribution in [3.63, 3.8) is 0 Å². The Kier molecular flexibility index (Phi) is 6.33. The van der Waals surface area contributed by atoms with Crippen molar-refractivity contribution >= 4 is 5.96 Å². The number of pyridine rings is 1. The van der Waals surface area contributed by atoms with Crippen molar-refractivity contribution in [2.75, 3.05) is 6.54 Å². The van der Waals surface area contributed by atoms with Gasteiger partial charge in [-0.05, 0) is 30.9 Å². The summed E-state index contributed by atoms with van der Waals surface area (Å²) in [6.45, 7) is 9.32. The van der Waals surface area contributed by atoms with Gasteiger partial charge in [-0.15, -0.1) is 0 Å². The number of hydrogen-bond acceptors (Lipinski definition) is 2. The van der Waals surface area contributed by atoms with Crippen LogP contribution in [-0.4, -0.2) is 23.5 Å². The predicted octanol–water partition coefficient (Wildman–Crippen LogP) is 2.52. The van der Waals surface area contributed by atoms with Crippen LogP contribution in [0, 0.1) is 5.92 Å². The molecule has 0 fully saturated rings. The first-order valence-corrected chi connectivity index (χ1v) is 7.01. The summed E-state index contributed by atoms with van der Waals surface area (Å²) in [6.07, 6.45) is 4.74. The molecule has 3 N–H and O–H groups in total. The van der Waals surface area contributed by atoms with Gasteiger partial charge in [0.15, 0.2) is 5.96 Å². The van der Waals surface area contributed by atoms with Gasteiger partial charge in [0.1, 0.15) is 0 Å². The van der Waals surface area contributed by atoms with Gasteiger partial charge in [0.25, 0.3) is 0 Å². The van der Waals surface area contributed by atoms with Crippen molar-refractivity contribution < 1.29 is 0 Å². The van der Waals surface area contributed by atoms with Gasteiger partial charge in [-0.25, -0.2) is 0 Å². The molecule has 19 heavy (non-hydrogen) atoms. The van der Waals surface area contributed by atoms with E-state index in [0.29, 0.717) is 30.4 Å². The quantitative estimate of drug-likeness (QED) is 0.611. The minimum Gasteiger partial charge on any atom is -0.370 e. The lowest BCUT2D eigenvalue weighted by atomic mass is 9.89. The molecule has 106 valence electrons. The highest BCUT2D eigenvalue weighted by atomic mass is 15.1. The highest BCUT2D eigenvalue weighted by Crippen LogP contribution is 2.23. The van der Waals surface area contributed by atoms with Gasteiger partial charge >= 0.3 is 0 Å². The van der Waals surface area contributed by atoms with E-state index in [4.69, 9.17) is 5.73 Å². The summed E-state index contributed by atoms with van der Waals surface area (Å²) in [6, 6.07) is 4.43. The van der Waals surface area contributed by atoms with E-state index in [1.165, 1.54) is 5.56 Å². The third-order valence-electron chi connectivity index (χ3n) is 3.38. The van der Waals surface area contributed by atoms with Gasteiger partial charge in [0.05, 0.1) is 0 Å². The number of nitrogens with zero attached hydrogens (tertiary/aromatic N) is 2. The third-order valence-corrected chi connectivity index (χ3v) is 3.38. The van der Waals surface area contributed by atoms with Gasteiger partial charge in [-0.3, -0.25) is 9.98 Å². The van der Waals surface area contributed by atoms with Crippen molar-refractivity contribution in [2.45, 2.75) is 46.1 Å². The zero-order chi connectivity index (χ0) is 14.3. The Balaban J connectivity index is 2.68. The molecular formula is C15H26N4. The minimum atomic E-state index is 0.353. The van der Waals surface area contributed by atoms with E-state index in [9.17, 15) is 0 Å². The molecule has 2 unspecified atom stereocenters. The molecule has 0 aliphatic heterocycles.